The summed E-state index contributed by atoms with van der Waals surface area (Å²) in [6.45, 7) is 13.4. The predicted octanol–water partition coefficient (Wildman–Crippen LogP) is 2.51. The van der Waals surface area contributed by atoms with E-state index in [0.717, 1.165) is 26.3 Å². The number of ether oxygens (including phenoxy) is 1. The van der Waals surface area contributed by atoms with E-state index < -0.39 is 0 Å². The molecule has 3 nitrogen and oxygen atoms in total. The second kappa shape index (κ2) is 7.46. The summed E-state index contributed by atoms with van der Waals surface area (Å²) in [6.07, 6.45) is 3.57. The van der Waals surface area contributed by atoms with Crippen LogP contribution in [0.1, 0.15) is 47.0 Å². The topological polar surface area (TPSA) is 24.5 Å². The van der Waals surface area contributed by atoms with E-state index in [1.807, 2.05) is 0 Å². The first-order valence-electron chi connectivity index (χ1n) is 7.48. The van der Waals surface area contributed by atoms with Gasteiger partial charge in [-0.1, -0.05) is 20.8 Å². The Morgan fingerprint density at radius 3 is 2.50 bits per heavy atom. The van der Waals surface area contributed by atoms with Gasteiger partial charge in [0.05, 0.1) is 0 Å². The lowest BCUT2D eigenvalue weighted by Crippen LogP contribution is -2.49. The third-order valence-electron chi connectivity index (χ3n) is 4.34. The maximum absolute atomic E-state index is 5.44. The van der Waals surface area contributed by atoms with Crippen LogP contribution in [0.2, 0.25) is 0 Å². The predicted molar refractivity (Wildman–Crippen MR) is 78.0 cm³/mol. The highest BCUT2D eigenvalue weighted by molar-refractivity contribution is 4.85. The van der Waals surface area contributed by atoms with Crippen LogP contribution in [0.15, 0.2) is 0 Å². The summed E-state index contributed by atoms with van der Waals surface area (Å²) in [6, 6.07) is 1.26. The Labute approximate surface area is 113 Å². The molecular formula is C15H32N2O. The second-order valence-electron chi connectivity index (χ2n) is 6.42. The minimum atomic E-state index is 0.308. The van der Waals surface area contributed by atoms with Crippen molar-refractivity contribution in [3.63, 3.8) is 0 Å². The lowest BCUT2D eigenvalue weighted by molar-refractivity contribution is 0.0272. The Kier molecular flexibility index (Phi) is 6.61. The van der Waals surface area contributed by atoms with Crippen molar-refractivity contribution in [1.82, 2.24) is 10.2 Å². The minimum Gasteiger partial charge on any atom is -0.381 e. The number of hydrogen-bond acceptors (Lipinski definition) is 3. The van der Waals surface area contributed by atoms with Crippen molar-refractivity contribution in [2.75, 3.05) is 33.4 Å². The molecule has 1 N–H and O–H groups in total. The molecule has 1 fully saturated rings. The number of rotatable bonds is 7. The molecule has 1 aliphatic heterocycles. The molecule has 108 valence electrons. The highest BCUT2D eigenvalue weighted by Crippen LogP contribution is 2.24. The SMILES string of the molecule is CCCNC(C)C(C)(C)CN(C)C1CCOCC1. The minimum absolute atomic E-state index is 0.308. The smallest absolute Gasteiger partial charge is 0.0480 e. The van der Waals surface area contributed by atoms with Crippen LogP contribution in [0.4, 0.5) is 0 Å². The molecule has 0 aromatic rings. The third-order valence-corrected chi connectivity index (χ3v) is 4.34. The van der Waals surface area contributed by atoms with Gasteiger partial charge in [-0.3, -0.25) is 0 Å². The molecule has 1 heterocycles. The third kappa shape index (κ3) is 4.87. The Morgan fingerprint density at radius 1 is 1.33 bits per heavy atom. The first-order chi connectivity index (χ1) is 8.47. The van der Waals surface area contributed by atoms with Crippen LogP contribution in [0.3, 0.4) is 0 Å². The van der Waals surface area contributed by atoms with E-state index in [9.17, 15) is 0 Å². The molecule has 0 amide bonds. The van der Waals surface area contributed by atoms with Gasteiger partial charge in [0.1, 0.15) is 0 Å². The first kappa shape index (κ1) is 15.9. The molecule has 18 heavy (non-hydrogen) atoms. The van der Waals surface area contributed by atoms with Gasteiger partial charge in [0, 0.05) is 31.8 Å². The number of nitrogens with one attached hydrogen (secondary N) is 1. The lowest BCUT2D eigenvalue weighted by atomic mass is 9.84. The first-order valence-corrected chi connectivity index (χ1v) is 7.48. The molecule has 1 rings (SSSR count). The van der Waals surface area contributed by atoms with Crippen molar-refractivity contribution in [2.24, 2.45) is 5.41 Å². The van der Waals surface area contributed by atoms with Crippen molar-refractivity contribution in [3.05, 3.63) is 0 Å². The van der Waals surface area contributed by atoms with Crippen LogP contribution in [-0.2, 0) is 4.74 Å². The fourth-order valence-electron chi connectivity index (χ4n) is 2.67. The van der Waals surface area contributed by atoms with E-state index >= 15 is 0 Å². The van der Waals surface area contributed by atoms with Gasteiger partial charge >= 0.3 is 0 Å². The van der Waals surface area contributed by atoms with E-state index in [2.05, 4.69) is 45.0 Å². The summed E-state index contributed by atoms with van der Waals surface area (Å²) in [7, 11) is 2.27. The van der Waals surface area contributed by atoms with Gasteiger partial charge < -0.3 is 15.0 Å². The number of nitrogens with zero attached hydrogens (tertiary/aromatic N) is 1. The molecular weight excluding hydrogens is 224 g/mol. The van der Waals surface area contributed by atoms with E-state index in [1.54, 1.807) is 0 Å². The van der Waals surface area contributed by atoms with Gasteiger partial charge in [0.15, 0.2) is 0 Å². The van der Waals surface area contributed by atoms with Gasteiger partial charge in [-0.2, -0.15) is 0 Å². The van der Waals surface area contributed by atoms with Crippen LogP contribution in [0, 0.1) is 5.41 Å². The Morgan fingerprint density at radius 2 is 1.94 bits per heavy atom. The molecule has 1 aliphatic rings. The summed E-state index contributed by atoms with van der Waals surface area (Å²) in [4.78, 5) is 2.53. The highest BCUT2D eigenvalue weighted by atomic mass is 16.5. The zero-order chi connectivity index (χ0) is 13.6. The monoisotopic (exact) mass is 256 g/mol. The molecule has 1 unspecified atom stereocenters. The van der Waals surface area contributed by atoms with Crippen LogP contribution >= 0.6 is 0 Å². The van der Waals surface area contributed by atoms with Crippen molar-refractivity contribution in [3.8, 4) is 0 Å². The average Bonchev–Trinajstić information content (AvgIpc) is 2.36. The molecule has 1 atom stereocenters. The molecule has 0 aliphatic carbocycles. The average molecular weight is 256 g/mol. The van der Waals surface area contributed by atoms with Crippen molar-refractivity contribution in [2.45, 2.75) is 59.0 Å². The quantitative estimate of drug-likeness (QED) is 0.757. The Bertz CT molecular complexity index is 225. The van der Waals surface area contributed by atoms with Crippen LogP contribution in [0.5, 0.6) is 0 Å². The molecule has 0 aromatic heterocycles. The van der Waals surface area contributed by atoms with Crippen molar-refractivity contribution in [1.29, 1.82) is 0 Å². The molecule has 0 saturated carbocycles. The molecule has 0 spiro atoms. The maximum atomic E-state index is 5.44. The van der Waals surface area contributed by atoms with Gasteiger partial charge in [-0.05, 0) is 45.2 Å². The summed E-state index contributed by atoms with van der Waals surface area (Å²) >= 11 is 0. The molecule has 0 aromatic carbocycles. The zero-order valence-electron chi connectivity index (χ0n) is 13.0. The van der Waals surface area contributed by atoms with E-state index in [4.69, 9.17) is 4.74 Å². The summed E-state index contributed by atoms with van der Waals surface area (Å²) in [5.74, 6) is 0. The van der Waals surface area contributed by atoms with Crippen molar-refractivity contribution >= 4 is 0 Å². The summed E-state index contributed by atoms with van der Waals surface area (Å²) in [5, 5.41) is 3.63. The van der Waals surface area contributed by atoms with Crippen LogP contribution < -0.4 is 5.32 Å². The molecule has 3 heteroatoms. The molecule has 1 saturated heterocycles. The molecule has 0 radical (unpaired) electrons. The van der Waals surface area contributed by atoms with Crippen molar-refractivity contribution < 1.29 is 4.74 Å². The molecule has 0 bridgehead atoms. The van der Waals surface area contributed by atoms with Gasteiger partial charge in [0.25, 0.3) is 0 Å². The maximum Gasteiger partial charge on any atom is 0.0480 e. The van der Waals surface area contributed by atoms with Gasteiger partial charge in [-0.15, -0.1) is 0 Å². The van der Waals surface area contributed by atoms with Crippen LogP contribution in [-0.4, -0.2) is 50.3 Å². The Hall–Kier alpha value is -0.120. The fourth-order valence-corrected chi connectivity index (χ4v) is 2.67. The normalized spacial score (nSPS) is 20.3. The zero-order valence-corrected chi connectivity index (χ0v) is 13.0. The van der Waals surface area contributed by atoms with Gasteiger partial charge in [-0.25, -0.2) is 0 Å². The fraction of sp³-hybridized carbons (Fsp3) is 1.00. The highest BCUT2D eigenvalue weighted by Gasteiger charge is 2.29. The summed E-state index contributed by atoms with van der Waals surface area (Å²) in [5.41, 5.74) is 0.308. The van der Waals surface area contributed by atoms with Gasteiger partial charge in [0.2, 0.25) is 0 Å². The van der Waals surface area contributed by atoms with E-state index in [-0.39, 0.29) is 0 Å². The van der Waals surface area contributed by atoms with E-state index in [1.165, 1.54) is 19.3 Å². The van der Waals surface area contributed by atoms with E-state index in [0.29, 0.717) is 17.5 Å². The lowest BCUT2D eigenvalue weighted by Gasteiger charge is -2.40. The summed E-state index contributed by atoms with van der Waals surface area (Å²) < 4.78 is 5.44. The van der Waals surface area contributed by atoms with Crippen LogP contribution in [0.25, 0.3) is 0 Å². The number of hydrogen-bond donors (Lipinski definition) is 1. The largest absolute Gasteiger partial charge is 0.381 e. The standard InChI is InChI=1S/C15H32N2O/c1-6-9-16-13(2)15(3,4)12-17(5)14-7-10-18-11-8-14/h13-14,16H,6-12H2,1-5H3. The second-order valence-corrected chi connectivity index (χ2v) is 6.42. The Balaban J connectivity index is 2.41.